The topological polar surface area (TPSA) is 74.7 Å². The lowest BCUT2D eigenvalue weighted by molar-refractivity contribution is -0.137. The minimum absolute atomic E-state index is 0.0447. The molecule has 1 aromatic carbocycles. The van der Waals surface area contributed by atoms with Crippen LogP contribution in [0.5, 0.6) is 0 Å². The van der Waals surface area contributed by atoms with E-state index in [1.807, 2.05) is 26.0 Å². The smallest absolute Gasteiger partial charge is 0.303 e. The molecule has 0 aliphatic rings. The number of rotatable bonds is 6. The quantitative estimate of drug-likeness (QED) is 0.866. The van der Waals surface area contributed by atoms with Crippen LogP contribution in [0.4, 0.5) is 5.69 Å². The fraction of sp³-hybridized carbons (Fsp3) is 0.462. The van der Waals surface area contributed by atoms with Crippen LogP contribution in [0.2, 0.25) is 0 Å². The van der Waals surface area contributed by atoms with Gasteiger partial charge in [-0.25, -0.2) is 8.42 Å². The van der Waals surface area contributed by atoms with Gasteiger partial charge in [0.15, 0.2) is 0 Å². The third-order valence-corrected chi connectivity index (χ3v) is 3.95. The number of sulfonamides is 1. The van der Waals surface area contributed by atoms with Crippen molar-refractivity contribution in [3.63, 3.8) is 0 Å². The molecule has 0 aliphatic carbocycles. The molecule has 0 saturated carbocycles. The fourth-order valence-corrected chi connectivity index (χ4v) is 2.95. The molecule has 0 aromatic heterocycles. The van der Waals surface area contributed by atoms with Crippen LogP contribution in [0.1, 0.15) is 24.0 Å². The number of aryl methyl sites for hydroxylation is 2. The molecule has 106 valence electrons. The molecular weight excluding hydrogens is 266 g/mol. The van der Waals surface area contributed by atoms with E-state index in [1.54, 1.807) is 6.07 Å². The van der Waals surface area contributed by atoms with Gasteiger partial charge in [-0.1, -0.05) is 17.7 Å². The third-order valence-electron chi connectivity index (χ3n) is 2.77. The van der Waals surface area contributed by atoms with Crippen LogP contribution in [-0.2, 0) is 14.8 Å². The Balaban J connectivity index is 3.01. The van der Waals surface area contributed by atoms with E-state index in [4.69, 9.17) is 5.11 Å². The van der Waals surface area contributed by atoms with Crippen LogP contribution in [0.3, 0.4) is 0 Å². The highest BCUT2D eigenvalue weighted by Crippen LogP contribution is 2.23. The first-order valence-corrected chi connectivity index (χ1v) is 7.83. The van der Waals surface area contributed by atoms with Gasteiger partial charge in [-0.15, -0.1) is 0 Å². The van der Waals surface area contributed by atoms with E-state index >= 15 is 0 Å². The van der Waals surface area contributed by atoms with E-state index in [-0.39, 0.29) is 19.4 Å². The summed E-state index contributed by atoms with van der Waals surface area (Å²) in [6, 6.07) is 5.51. The number of carbonyl (C=O) groups is 1. The Labute approximate surface area is 113 Å². The maximum atomic E-state index is 11.8. The SMILES string of the molecule is Cc1ccc(N(CCCC(=O)O)S(C)(=O)=O)c(C)c1. The van der Waals surface area contributed by atoms with Gasteiger partial charge in [0.1, 0.15) is 0 Å². The van der Waals surface area contributed by atoms with Crippen molar-refractivity contribution in [1.82, 2.24) is 0 Å². The normalized spacial score (nSPS) is 11.3. The second-order valence-corrected chi connectivity index (χ2v) is 6.53. The predicted octanol–water partition coefficient (Wildman–Crippen LogP) is 1.93. The van der Waals surface area contributed by atoms with Crippen molar-refractivity contribution in [2.24, 2.45) is 0 Å². The molecule has 0 aliphatic heterocycles. The molecule has 0 amide bonds. The first-order valence-electron chi connectivity index (χ1n) is 5.98. The predicted molar refractivity (Wildman–Crippen MR) is 75.0 cm³/mol. The monoisotopic (exact) mass is 285 g/mol. The largest absolute Gasteiger partial charge is 0.481 e. The zero-order chi connectivity index (χ0) is 14.6. The lowest BCUT2D eigenvalue weighted by Gasteiger charge is -2.24. The van der Waals surface area contributed by atoms with Gasteiger partial charge in [-0.2, -0.15) is 0 Å². The summed E-state index contributed by atoms with van der Waals surface area (Å²) in [5.41, 5.74) is 2.53. The molecule has 1 aromatic rings. The molecule has 0 unspecified atom stereocenters. The van der Waals surface area contributed by atoms with Gasteiger partial charge in [0.2, 0.25) is 10.0 Å². The number of nitrogens with zero attached hydrogens (tertiary/aromatic N) is 1. The van der Waals surface area contributed by atoms with Gasteiger partial charge in [-0.05, 0) is 31.9 Å². The molecular formula is C13H19NO4S. The van der Waals surface area contributed by atoms with E-state index in [0.717, 1.165) is 17.4 Å². The number of benzene rings is 1. The molecule has 0 atom stereocenters. The minimum atomic E-state index is -3.41. The summed E-state index contributed by atoms with van der Waals surface area (Å²) in [4.78, 5) is 10.5. The molecule has 1 rings (SSSR count). The van der Waals surface area contributed by atoms with Crippen molar-refractivity contribution < 1.29 is 18.3 Å². The average molecular weight is 285 g/mol. The molecule has 6 heteroatoms. The first kappa shape index (κ1) is 15.5. The Morgan fingerprint density at radius 2 is 1.95 bits per heavy atom. The molecule has 0 saturated heterocycles. The maximum Gasteiger partial charge on any atom is 0.303 e. The van der Waals surface area contributed by atoms with Crippen molar-refractivity contribution in [3.8, 4) is 0 Å². The van der Waals surface area contributed by atoms with Gasteiger partial charge in [0.25, 0.3) is 0 Å². The Bertz CT molecular complexity index is 566. The van der Waals surface area contributed by atoms with Crippen LogP contribution in [0.25, 0.3) is 0 Å². The van der Waals surface area contributed by atoms with Crippen LogP contribution in [-0.4, -0.2) is 32.3 Å². The number of hydrogen-bond acceptors (Lipinski definition) is 3. The summed E-state index contributed by atoms with van der Waals surface area (Å²) in [7, 11) is -3.41. The van der Waals surface area contributed by atoms with E-state index in [0.29, 0.717) is 5.69 Å². The van der Waals surface area contributed by atoms with Gasteiger partial charge in [0.05, 0.1) is 11.9 Å². The molecule has 0 bridgehead atoms. The van der Waals surface area contributed by atoms with Gasteiger partial charge >= 0.3 is 5.97 Å². The van der Waals surface area contributed by atoms with Crippen molar-refractivity contribution >= 4 is 21.7 Å². The van der Waals surface area contributed by atoms with E-state index < -0.39 is 16.0 Å². The second-order valence-electron chi connectivity index (χ2n) is 4.62. The molecule has 0 radical (unpaired) electrons. The summed E-state index contributed by atoms with van der Waals surface area (Å²) in [6.45, 7) is 3.96. The van der Waals surface area contributed by atoms with E-state index in [1.165, 1.54) is 4.31 Å². The van der Waals surface area contributed by atoms with Crippen molar-refractivity contribution in [1.29, 1.82) is 0 Å². The van der Waals surface area contributed by atoms with Crippen LogP contribution in [0, 0.1) is 13.8 Å². The Hall–Kier alpha value is -1.56. The van der Waals surface area contributed by atoms with Crippen LogP contribution >= 0.6 is 0 Å². The Morgan fingerprint density at radius 3 is 2.42 bits per heavy atom. The molecule has 0 fully saturated rings. The highest BCUT2D eigenvalue weighted by molar-refractivity contribution is 7.92. The lowest BCUT2D eigenvalue weighted by Crippen LogP contribution is -2.31. The molecule has 5 nitrogen and oxygen atoms in total. The second kappa shape index (κ2) is 6.06. The highest BCUT2D eigenvalue weighted by atomic mass is 32.2. The third kappa shape index (κ3) is 4.55. The minimum Gasteiger partial charge on any atom is -0.481 e. The lowest BCUT2D eigenvalue weighted by atomic mass is 10.1. The van der Waals surface area contributed by atoms with Crippen LogP contribution in [0.15, 0.2) is 18.2 Å². The maximum absolute atomic E-state index is 11.8. The zero-order valence-corrected chi connectivity index (χ0v) is 12.2. The number of hydrogen-bond donors (Lipinski definition) is 1. The number of carboxylic acid groups (broad SMARTS) is 1. The number of anilines is 1. The highest BCUT2D eigenvalue weighted by Gasteiger charge is 2.19. The average Bonchev–Trinajstić information content (AvgIpc) is 2.24. The summed E-state index contributed by atoms with van der Waals surface area (Å²) in [5, 5.41) is 8.62. The standard InChI is InChI=1S/C13H19NO4S/c1-10-6-7-12(11(2)9-10)14(19(3,17)18)8-4-5-13(15)16/h6-7,9H,4-5,8H2,1-3H3,(H,15,16). The van der Waals surface area contributed by atoms with Gasteiger partial charge in [-0.3, -0.25) is 9.10 Å². The molecule has 19 heavy (non-hydrogen) atoms. The molecule has 0 spiro atoms. The van der Waals surface area contributed by atoms with E-state index in [9.17, 15) is 13.2 Å². The van der Waals surface area contributed by atoms with Crippen molar-refractivity contribution in [2.45, 2.75) is 26.7 Å². The molecule has 1 N–H and O–H groups in total. The van der Waals surface area contributed by atoms with Crippen LogP contribution < -0.4 is 4.31 Å². The van der Waals surface area contributed by atoms with Gasteiger partial charge in [0, 0.05) is 13.0 Å². The zero-order valence-electron chi connectivity index (χ0n) is 11.4. The van der Waals surface area contributed by atoms with Crippen molar-refractivity contribution in [3.05, 3.63) is 29.3 Å². The number of aliphatic carboxylic acids is 1. The summed E-state index contributed by atoms with van der Waals surface area (Å²) >= 11 is 0. The number of carboxylic acids is 1. The van der Waals surface area contributed by atoms with Crippen molar-refractivity contribution in [2.75, 3.05) is 17.1 Å². The van der Waals surface area contributed by atoms with E-state index in [2.05, 4.69) is 0 Å². The Kier molecular flexibility index (Phi) is 4.94. The van der Waals surface area contributed by atoms with Gasteiger partial charge < -0.3 is 5.11 Å². The molecule has 0 heterocycles. The fourth-order valence-electron chi connectivity index (χ4n) is 1.92. The Morgan fingerprint density at radius 1 is 1.32 bits per heavy atom. The summed E-state index contributed by atoms with van der Waals surface area (Å²) in [6.07, 6.45) is 1.37. The first-order chi connectivity index (χ1) is 8.71. The summed E-state index contributed by atoms with van der Waals surface area (Å²) < 4.78 is 24.9. The summed E-state index contributed by atoms with van der Waals surface area (Å²) in [5.74, 6) is -0.922.